The van der Waals surface area contributed by atoms with E-state index in [1.165, 1.54) is 23.5 Å². The summed E-state index contributed by atoms with van der Waals surface area (Å²) in [6.07, 6.45) is 12.8. The molecular formula is C19H20N4S2. The first-order valence-corrected chi connectivity index (χ1v) is 10.0. The largest absolute Gasteiger partial charge is 0.294 e. The van der Waals surface area contributed by atoms with Gasteiger partial charge in [-0.3, -0.25) is 10.4 Å². The van der Waals surface area contributed by atoms with Crippen LogP contribution in [0, 0.1) is 12.3 Å². The third kappa shape index (κ3) is 4.90. The predicted octanol–water partition coefficient (Wildman–Crippen LogP) is 4.79. The molecule has 0 fully saturated rings. The molecule has 1 N–H and O–H groups in total. The van der Waals surface area contributed by atoms with Gasteiger partial charge in [0.25, 0.3) is 0 Å². The van der Waals surface area contributed by atoms with Crippen LogP contribution in [0.3, 0.4) is 0 Å². The van der Waals surface area contributed by atoms with E-state index in [4.69, 9.17) is 5.41 Å². The van der Waals surface area contributed by atoms with Gasteiger partial charge in [0.15, 0.2) is 5.16 Å². The molecule has 0 aliphatic carbocycles. The lowest BCUT2D eigenvalue weighted by atomic mass is 9.95. The number of aryl methyl sites for hydroxylation is 1. The first kappa shape index (κ1) is 19.1. The Morgan fingerprint density at radius 2 is 1.96 bits per heavy atom. The van der Waals surface area contributed by atoms with Crippen molar-refractivity contribution >= 4 is 34.1 Å². The maximum absolute atomic E-state index is 7.84. The number of nitrogens with one attached hydrogen (secondary N) is 1. The minimum absolute atomic E-state index is 0.481. The summed E-state index contributed by atoms with van der Waals surface area (Å²) in [5, 5.41) is 9.03. The summed E-state index contributed by atoms with van der Waals surface area (Å²) in [4.78, 5) is 13.3. The van der Waals surface area contributed by atoms with Crippen molar-refractivity contribution in [3.05, 3.63) is 77.9 Å². The van der Waals surface area contributed by atoms with E-state index < -0.39 is 0 Å². The zero-order valence-electron chi connectivity index (χ0n) is 14.5. The van der Waals surface area contributed by atoms with Gasteiger partial charge in [-0.05, 0) is 43.2 Å². The van der Waals surface area contributed by atoms with E-state index >= 15 is 0 Å². The van der Waals surface area contributed by atoms with E-state index in [9.17, 15) is 0 Å². The second-order valence-electron chi connectivity index (χ2n) is 5.00. The average Bonchev–Trinajstić information content (AvgIpc) is 2.65. The second kappa shape index (κ2) is 9.34. The van der Waals surface area contributed by atoms with Crippen LogP contribution in [0.2, 0.25) is 0 Å². The lowest BCUT2D eigenvalue weighted by molar-refractivity contribution is 0.955. The Balaban J connectivity index is 2.72. The van der Waals surface area contributed by atoms with Gasteiger partial charge in [0.1, 0.15) is 0 Å². The molecule has 2 rings (SSSR count). The van der Waals surface area contributed by atoms with Crippen LogP contribution in [-0.2, 0) is 0 Å². The lowest BCUT2D eigenvalue weighted by Gasteiger charge is -2.13. The van der Waals surface area contributed by atoms with E-state index in [0.29, 0.717) is 10.2 Å². The van der Waals surface area contributed by atoms with Gasteiger partial charge in [-0.2, -0.15) is 0 Å². The van der Waals surface area contributed by atoms with Gasteiger partial charge in [0.2, 0.25) is 0 Å². The molecule has 0 unspecified atom stereocenters. The van der Waals surface area contributed by atoms with Gasteiger partial charge < -0.3 is 0 Å². The zero-order valence-corrected chi connectivity index (χ0v) is 16.1. The molecule has 0 aliphatic heterocycles. The van der Waals surface area contributed by atoms with E-state index in [2.05, 4.69) is 21.5 Å². The fourth-order valence-electron chi connectivity index (χ4n) is 2.26. The van der Waals surface area contributed by atoms with E-state index in [0.717, 1.165) is 28.1 Å². The molecule has 0 bridgehead atoms. The number of pyridine rings is 1. The van der Waals surface area contributed by atoms with Crippen LogP contribution in [0.4, 0.5) is 0 Å². The van der Waals surface area contributed by atoms with Gasteiger partial charge in [-0.1, -0.05) is 36.6 Å². The van der Waals surface area contributed by atoms with Crippen molar-refractivity contribution in [1.29, 1.82) is 5.41 Å². The monoisotopic (exact) mass is 368 g/mol. The van der Waals surface area contributed by atoms with Gasteiger partial charge in [0, 0.05) is 29.2 Å². The maximum Gasteiger partial charge on any atom is 0.187 e. The molecule has 0 atom stereocenters. The summed E-state index contributed by atoms with van der Waals surface area (Å²) in [6.45, 7) is 5.93. The second-order valence-corrected chi connectivity index (χ2v) is 6.62. The Kier molecular flexibility index (Phi) is 7.16. The Bertz CT molecular complexity index is 841. The molecule has 0 aromatic carbocycles. The molecule has 128 valence electrons. The van der Waals surface area contributed by atoms with Gasteiger partial charge in [0.05, 0.1) is 10.7 Å². The number of nitrogens with zero attached hydrogens (tertiary/aromatic N) is 3. The summed E-state index contributed by atoms with van der Waals surface area (Å²) in [5.74, 6) is 0. The fourth-order valence-corrected chi connectivity index (χ4v) is 2.82. The van der Waals surface area contributed by atoms with Crippen molar-refractivity contribution in [1.82, 2.24) is 15.0 Å². The minimum Gasteiger partial charge on any atom is -0.294 e. The molecule has 6 heteroatoms. The Hall–Kier alpha value is -2.18. The highest BCUT2D eigenvalue weighted by atomic mass is 32.2. The maximum atomic E-state index is 7.84. The first-order valence-electron chi connectivity index (χ1n) is 7.57. The van der Waals surface area contributed by atoms with Crippen LogP contribution in [0.25, 0.3) is 5.57 Å². The topological polar surface area (TPSA) is 62.5 Å². The number of hydrogen-bond donors (Lipinski definition) is 1. The smallest absolute Gasteiger partial charge is 0.187 e. The highest BCUT2D eigenvalue weighted by Crippen LogP contribution is 2.29. The Morgan fingerprint density at radius 1 is 1.16 bits per heavy atom. The van der Waals surface area contributed by atoms with Crippen LogP contribution in [-0.4, -0.2) is 32.5 Å². The summed E-state index contributed by atoms with van der Waals surface area (Å²) in [7, 11) is 0. The van der Waals surface area contributed by atoms with Gasteiger partial charge >= 0.3 is 0 Å². The summed E-state index contributed by atoms with van der Waals surface area (Å²) >= 11 is 2.89. The zero-order chi connectivity index (χ0) is 18.2. The quantitative estimate of drug-likeness (QED) is 0.261. The average molecular weight is 369 g/mol. The predicted molar refractivity (Wildman–Crippen MR) is 109 cm³/mol. The lowest BCUT2D eigenvalue weighted by Crippen LogP contribution is -2.00. The van der Waals surface area contributed by atoms with Gasteiger partial charge in [-0.25, -0.2) is 9.97 Å². The molecule has 2 aromatic heterocycles. The first-order chi connectivity index (χ1) is 12.1. The Labute approximate surface area is 157 Å². The molecule has 2 heterocycles. The molecule has 0 saturated heterocycles. The normalized spacial score (nSPS) is 12.1. The summed E-state index contributed by atoms with van der Waals surface area (Å²) < 4.78 is 0. The standard InChI is InChI=1S/C19H20N4S2/c1-5-14(8-9-17(20)24-3)18(15-7-6-11-21-13(15)2)16-10-12-22-19(23-16)25-4/h5-12,20H,1H2,2-4H3/b9-8-,18-14+,20-17?. The summed E-state index contributed by atoms with van der Waals surface area (Å²) in [6, 6.07) is 5.82. The molecule has 0 spiro atoms. The molecule has 0 aliphatic rings. The van der Waals surface area contributed by atoms with Crippen LogP contribution in [0.15, 0.2) is 66.1 Å². The van der Waals surface area contributed by atoms with Crippen LogP contribution >= 0.6 is 23.5 Å². The van der Waals surface area contributed by atoms with Crippen molar-refractivity contribution in [2.45, 2.75) is 12.1 Å². The molecule has 2 aromatic rings. The minimum atomic E-state index is 0.481. The van der Waals surface area contributed by atoms with E-state index in [1.54, 1.807) is 24.5 Å². The van der Waals surface area contributed by atoms with E-state index in [1.807, 2.05) is 43.7 Å². The van der Waals surface area contributed by atoms with Gasteiger partial charge in [-0.15, -0.1) is 11.8 Å². The molecule has 4 nitrogen and oxygen atoms in total. The molecule has 25 heavy (non-hydrogen) atoms. The van der Waals surface area contributed by atoms with Crippen LogP contribution in [0.5, 0.6) is 0 Å². The Morgan fingerprint density at radius 3 is 2.60 bits per heavy atom. The van der Waals surface area contributed by atoms with Crippen LogP contribution in [0.1, 0.15) is 17.0 Å². The van der Waals surface area contributed by atoms with Crippen molar-refractivity contribution in [3.63, 3.8) is 0 Å². The fraction of sp³-hybridized carbons (Fsp3) is 0.158. The van der Waals surface area contributed by atoms with Crippen molar-refractivity contribution < 1.29 is 0 Å². The number of hydrogen-bond acceptors (Lipinski definition) is 6. The third-order valence-corrected chi connectivity index (χ3v) is 4.63. The molecule has 0 saturated carbocycles. The highest BCUT2D eigenvalue weighted by molar-refractivity contribution is 8.13. The third-order valence-electron chi connectivity index (χ3n) is 3.49. The highest BCUT2D eigenvalue weighted by Gasteiger charge is 2.14. The number of allylic oxidation sites excluding steroid dienone is 3. The SMILES string of the molecule is C=CC(/C=C\C(=N)SC)=C(\c1ccnc(SC)n1)c1cccnc1C. The van der Waals surface area contributed by atoms with Crippen molar-refractivity contribution in [2.24, 2.45) is 0 Å². The molecule has 0 amide bonds. The van der Waals surface area contributed by atoms with Crippen molar-refractivity contribution in [2.75, 3.05) is 12.5 Å². The molecular weight excluding hydrogens is 348 g/mol. The number of thioether (sulfide) groups is 2. The van der Waals surface area contributed by atoms with Crippen LogP contribution < -0.4 is 0 Å². The number of rotatable bonds is 6. The van der Waals surface area contributed by atoms with E-state index in [-0.39, 0.29) is 0 Å². The summed E-state index contributed by atoms with van der Waals surface area (Å²) in [5.41, 5.74) is 4.53. The number of aromatic nitrogens is 3. The van der Waals surface area contributed by atoms with Crippen molar-refractivity contribution in [3.8, 4) is 0 Å². The molecule has 0 radical (unpaired) electrons.